The highest BCUT2D eigenvalue weighted by Crippen LogP contribution is 2.27. The van der Waals surface area contributed by atoms with Crippen LogP contribution in [0.5, 0.6) is 0 Å². The maximum absolute atomic E-state index is 12.5. The van der Waals surface area contributed by atoms with E-state index in [-0.39, 0.29) is 30.3 Å². The lowest BCUT2D eigenvalue weighted by Gasteiger charge is -2.35. The van der Waals surface area contributed by atoms with E-state index in [1.54, 1.807) is 20.7 Å². The Morgan fingerprint density at radius 3 is 2.76 bits per heavy atom. The van der Waals surface area contributed by atoms with Crippen LogP contribution in [0.25, 0.3) is 0 Å². The minimum atomic E-state index is -0.109. The highest BCUT2D eigenvalue weighted by Gasteiger charge is 2.36. The first kappa shape index (κ1) is 14.1. The molecule has 7 heteroatoms. The molecule has 7 nitrogen and oxygen atoms in total. The van der Waals surface area contributed by atoms with E-state index in [2.05, 4.69) is 5.10 Å². The second-order valence-corrected chi connectivity index (χ2v) is 5.88. The maximum atomic E-state index is 12.5. The monoisotopic (exact) mass is 291 g/mol. The smallest absolute Gasteiger partial charge is 0.246 e. The van der Waals surface area contributed by atoms with Crippen molar-refractivity contribution in [2.24, 2.45) is 18.7 Å². The summed E-state index contributed by atoms with van der Waals surface area (Å²) in [6.45, 7) is 1.21. The topological polar surface area (TPSA) is 84.5 Å². The molecule has 21 heavy (non-hydrogen) atoms. The van der Waals surface area contributed by atoms with E-state index in [1.807, 2.05) is 13.2 Å². The van der Waals surface area contributed by atoms with Crippen LogP contribution in [0.1, 0.15) is 19.3 Å². The van der Waals surface area contributed by atoms with Gasteiger partial charge in [-0.05, 0) is 12.8 Å². The number of nitrogens with two attached hydrogens (primary N) is 1. The molecule has 1 aromatic rings. The van der Waals surface area contributed by atoms with Gasteiger partial charge in [-0.2, -0.15) is 5.10 Å². The van der Waals surface area contributed by atoms with Gasteiger partial charge in [0.15, 0.2) is 0 Å². The standard InChI is InChI=1S/C14H21N5O2/c1-17-8-10(7-16-17)19-6-5-18(9-13(19)20)14(21)11-3-2-4-12(11)15/h7-8,11-12H,2-6,9,15H2,1H3/t11-,12+/m0/s1. The Balaban J connectivity index is 1.65. The Kier molecular flexibility index (Phi) is 3.67. The Morgan fingerprint density at radius 1 is 1.38 bits per heavy atom. The number of carbonyl (C=O) groups is 2. The van der Waals surface area contributed by atoms with Crippen LogP contribution in [0.4, 0.5) is 5.69 Å². The molecule has 1 aliphatic carbocycles. The fourth-order valence-electron chi connectivity index (χ4n) is 3.21. The van der Waals surface area contributed by atoms with Gasteiger partial charge in [-0.15, -0.1) is 0 Å². The van der Waals surface area contributed by atoms with E-state index in [0.29, 0.717) is 13.1 Å². The quantitative estimate of drug-likeness (QED) is 0.812. The van der Waals surface area contributed by atoms with Crippen molar-refractivity contribution in [3.05, 3.63) is 12.4 Å². The molecule has 2 atom stereocenters. The second kappa shape index (κ2) is 5.48. The zero-order valence-corrected chi connectivity index (χ0v) is 12.2. The van der Waals surface area contributed by atoms with Gasteiger partial charge >= 0.3 is 0 Å². The molecule has 0 unspecified atom stereocenters. The van der Waals surface area contributed by atoms with Crippen LogP contribution in [0.15, 0.2) is 12.4 Å². The van der Waals surface area contributed by atoms with Gasteiger partial charge in [0.1, 0.15) is 6.54 Å². The summed E-state index contributed by atoms with van der Waals surface area (Å²) < 4.78 is 1.66. The molecular formula is C14H21N5O2. The third kappa shape index (κ3) is 2.65. The molecule has 2 fully saturated rings. The number of amides is 2. The number of carbonyl (C=O) groups excluding carboxylic acids is 2. The number of nitrogens with zero attached hydrogens (tertiary/aromatic N) is 4. The van der Waals surface area contributed by atoms with E-state index in [1.165, 1.54) is 0 Å². The summed E-state index contributed by atoms with van der Waals surface area (Å²) >= 11 is 0. The van der Waals surface area contributed by atoms with E-state index >= 15 is 0 Å². The SMILES string of the molecule is Cn1cc(N2CCN(C(=O)[C@H]3CCC[C@H]3N)CC2=O)cn1. The number of piperazine rings is 1. The first-order chi connectivity index (χ1) is 10.1. The number of hydrogen-bond donors (Lipinski definition) is 1. The van der Waals surface area contributed by atoms with E-state index < -0.39 is 0 Å². The predicted octanol–water partition coefficient (Wildman–Crippen LogP) is -0.277. The highest BCUT2D eigenvalue weighted by molar-refractivity contribution is 5.98. The Bertz CT molecular complexity index is 555. The largest absolute Gasteiger partial charge is 0.331 e. The van der Waals surface area contributed by atoms with Gasteiger partial charge in [0.25, 0.3) is 0 Å². The number of anilines is 1. The van der Waals surface area contributed by atoms with Gasteiger partial charge < -0.3 is 15.5 Å². The summed E-state index contributed by atoms with van der Waals surface area (Å²) in [5, 5.41) is 4.08. The normalized spacial score (nSPS) is 26.5. The number of aromatic nitrogens is 2. The fourth-order valence-corrected chi connectivity index (χ4v) is 3.21. The van der Waals surface area contributed by atoms with Crippen LogP contribution < -0.4 is 10.6 Å². The van der Waals surface area contributed by atoms with E-state index in [9.17, 15) is 9.59 Å². The molecule has 0 bridgehead atoms. The summed E-state index contributed by atoms with van der Waals surface area (Å²) in [7, 11) is 1.81. The highest BCUT2D eigenvalue weighted by atomic mass is 16.2. The van der Waals surface area contributed by atoms with Crippen molar-refractivity contribution in [1.29, 1.82) is 0 Å². The molecule has 3 rings (SSSR count). The Hall–Kier alpha value is -1.89. The van der Waals surface area contributed by atoms with Crippen molar-refractivity contribution in [3.8, 4) is 0 Å². The molecule has 1 saturated heterocycles. The molecule has 0 radical (unpaired) electrons. The van der Waals surface area contributed by atoms with Gasteiger partial charge in [0.2, 0.25) is 11.8 Å². The van der Waals surface area contributed by atoms with Crippen LogP contribution in [0.2, 0.25) is 0 Å². The van der Waals surface area contributed by atoms with Crippen LogP contribution >= 0.6 is 0 Å². The van der Waals surface area contributed by atoms with Crippen LogP contribution in [0, 0.1) is 5.92 Å². The zero-order valence-electron chi connectivity index (χ0n) is 12.2. The molecular weight excluding hydrogens is 270 g/mol. The lowest BCUT2D eigenvalue weighted by molar-refractivity contribution is -0.140. The average molecular weight is 291 g/mol. The molecule has 2 N–H and O–H groups in total. The number of rotatable bonds is 2. The van der Waals surface area contributed by atoms with Gasteiger partial charge in [0.05, 0.1) is 17.8 Å². The number of hydrogen-bond acceptors (Lipinski definition) is 4. The molecule has 0 spiro atoms. The van der Waals surface area contributed by atoms with Crippen LogP contribution in [0.3, 0.4) is 0 Å². The van der Waals surface area contributed by atoms with Crippen molar-refractivity contribution >= 4 is 17.5 Å². The molecule has 114 valence electrons. The third-order valence-electron chi connectivity index (χ3n) is 4.42. The van der Waals surface area contributed by atoms with Crippen LogP contribution in [-0.2, 0) is 16.6 Å². The van der Waals surface area contributed by atoms with E-state index in [4.69, 9.17) is 5.73 Å². The van der Waals surface area contributed by atoms with Gasteiger partial charge in [-0.25, -0.2) is 0 Å². The zero-order chi connectivity index (χ0) is 15.0. The molecule has 1 aromatic heterocycles. The summed E-state index contributed by atoms with van der Waals surface area (Å²) in [5.74, 6) is -0.129. The molecule has 0 aromatic carbocycles. The Labute approximate surface area is 123 Å². The summed E-state index contributed by atoms with van der Waals surface area (Å²) in [5.41, 5.74) is 6.77. The number of aryl methyl sites for hydroxylation is 1. The fraction of sp³-hybridized carbons (Fsp3) is 0.643. The lowest BCUT2D eigenvalue weighted by Crippen LogP contribution is -2.54. The summed E-state index contributed by atoms with van der Waals surface area (Å²) in [6, 6.07) is -0.0519. The Morgan fingerprint density at radius 2 is 2.19 bits per heavy atom. The van der Waals surface area contributed by atoms with Crippen LogP contribution in [-0.4, -0.2) is 52.2 Å². The van der Waals surface area contributed by atoms with Crippen molar-refractivity contribution in [2.75, 3.05) is 24.5 Å². The van der Waals surface area contributed by atoms with Crippen molar-refractivity contribution in [1.82, 2.24) is 14.7 Å². The molecule has 2 heterocycles. The molecule has 1 aliphatic heterocycles. The molecule has 1 saturated carbocycles. The summed E-state index contributed by atoms with van der Waals surface area (Å²) in [6.07, 6.45) is 6.22. The second-order valence-electron chi connectivity index (χ2n) is 5.88. The molecule has 2 aliphatic rings. The van der Waals surface area contributed by atoms with Gasteiger partial charge in [-0.3, -0.25) is 14.3 Å². The van der Waals surface area contributed by atoms with Crippen molar-refractivity contribution in [2.45, 2.75) is 25.3 Å². The average Bonchev–Trinajstić information content (AvgIpc) is 3.06. The van der Waals surface area contributed by atoms with E-state index in [0.717, 1.165) is 24.9 Å². The first-order valence-electron chi connectivity index (χ1n) is 7.39. The van der Waals surface area contributed by atoms with Gasteiger partial charge in [0, 0.05) is 32.4 Å². The summed E-state index contributed by atoms with van der Waals surface area (Å²) in [4.78, 5) is 28.1. The maximum Gasteiger partial charge on any atom is 0.246 e. The lowest BCUT2D eigenvalue weighted by atomic mass is 10.0. The predicted molar refractivity (Wildman–Crippen MR) is 77.5 cm³/mol. The third-order valence-corrected chi connectivity index (χ3v) is 4.42. The minimum Gasteiger partial charge on any atom is -0.331 e. The minimum absolute atomic E-state index is 0.0409. The van der Waals surface area contributed by atoms with Crippen molar-refractivity contribution in [3.63, 3.8) is 0 Å². The van der Waals surface area contributed by atoms with Crippen molar-refractivity contribution < 1.29 is 9.59 Å². The van der Waals surface area contributed by atoms with Gasteiger partial charge in [-0.1, -0.05) is 6.42 Å². The first-order valence-corrected chi connectivity index (χ1v) is 7.39. The molecule has 2 amide bonds.